The Kier molecular flexibility index (Phi) is 7.84. The summed E-state index contributed by atoms with van der Waals surface area (Å²) in [6.07, 6.45) is -3.22. The Hall–Kier alpha value is -5.31. The molecule has 2 heterocycles. The molecule has 0 N–H and O–H groups in total. The number of nitriles is 1. The van der Waals surface area contributed by atoms with Crippen molar-refractivity contribution in [3.63, 3.8) is 0 Å². The van der Waals surface area contributed by atoms with Crippen molar-refractivity contribution < 1.29 is 31.2 Å². The molecule has 5 rings (SSSR count). The lowest BCUT2D eigenvalue weighted by atomic mass is 10.1. The van der Waals surface area contributed by atoms with Gasteiger partial charge in [-0.05, 0) is 42.0 Å². The van der Waals surface area contributed by atoms with Gasteiger partial charge in [0.25, 0.3) is 5.91 Å². The Morgan fingerprint density at radius 1 is 0.976 bits per heavy atom. The number of alkyl halides is 3. The van der Waals surface area contributed by atoms with E-state index in [0.29, 0.717) is 24.0 Å². The van der Waals surface area contributed by atoms with Gasteiger partial charge in [-0.1, -0.05) is 36.4 Å². The molecule has 42 heavy (non-hydrogen) atoms. The highest BCUT2D eigenvalue weighted by molar-refractivity contribution is 5.92. The van der Waals surface area contributed by atoms with Crippen molar-refractivity contribution in [1.82, 2.24) is 19.7 Å². The summed E-state index contributed by atoms with van der Waals surface area (Å²) >= 11 is 0. The number of benzene rings is 3. The maximum Gasteiger partial charge on any atom is 0.417 e. The molecule has 0 saturated carbocycles. The molecule has 0 spiro atoms. The van der Waals surface area contributed by atoms with E-state index in [4.69, 9.17) is 9.68 Å². The van der Waals surface area contributed by atoms with Crippen molar-refractivity contribution in [2.75, 3.05) is 0 Å². The predicted octanol–water partition coefficient (Wildman–Crippen LogP) is 6.60. The van der Waals surface area contributed by atoms with Crippen LogP contribution in [0.2, 0.25) is 0 Å². The van der Waals surface area contributed by atoms with Crippen molar-refractivity contribution in [1.29, 1.82) is 5.26 Å². The molecule has 12 heteroatoms. The fourth-order valence-electron chi connectivity index (χ4n) is 4.34. The van der Waals surface area contributed by atoms with E-state index in [1.54, 1.807) is 28.8 Å². The topological polar surface area (TPSA) is 88.0 Å². The summed E-state index contributed by atoms with van der Waals surface area (Å²) in [5.74, 6) is -2.60. The lowest BCUT2D eigenvalue weighted by molar-refractivity contribution is -0.137. The standard InChI is InChI=1S/C30H20F5N5O2/c31-22-10-9-21(25(32)13-22)16-39(17-28-38-37-18-40(28)15-20-7-5-19(14-36)6-8-20)29(41)27-12-11-26(42-27)23-3-1-2-4-24(23)30(33,34)35/h1-13,18H,15-17H2. The van der Waals surface area contributed by atoms with Crippen molar-refractivity contribution in [2.45, 2.75) is 25.8 Å². The number of furan rings is 1. The molecule has 0 saturated heterocycles. The van der Waals surface area contributed by atoms with E-state index in [-0.39, 0.29) is 35.7 Å². The van der Waals surface area contributed by atoms with Gasteiger partial charge in [0.2, 0.25) is 0 Å². The van der Waals surface area contributed by atoms with E-state index in [2.05, 4.69) is 10.2 Å². The Labute approximate surface area is 236 Å². The van der Waals surface area contributed by atoms with Crippen molar-refractivity contribution in [3.8, 4) is 17.4 Å². The second-order valence-corrected chi connectivity index (χ2v) is 9.29. The SMILES string of the molecule is N#Cc1ccc(Cn2cnnc2CN(Cc2ccc(F)cc2F)C(=O)c2ccc(-c3ccccc3C(F)(F)F)o2)cc1. The quantitative estimate of drug-likeness (QED) is 0.194. The summed E-state index contributed by atoms with van der Waals surface area (Å²) in [7, 11) is 0. The molecule has 0 fully saturated rings. The number of rotatable bonds is 8. The summed E-state index contributed by atoms with van der Waals surface area (Å²) in [5, 5.41) is 17.0. The van der Waals surface area contributed by atoms with Crippen molar-refractivity contribution >= 4 is 5.91 Å². The van der Waals surface area contributed by atoms with E-state index >= 15 is 0 Å². The van der Waals surface area contributed by atoms with Crippen LogP contribution >= 0.6 is 0 Å². The third-order valence-electron chi connectivity index (χ3n) is 6.44. The van der Waals surface area contributed by atoms with Gasteiger partial charge in [-0.25, -0.2) is 8.78 Å². The van der Waals surface area contributed by atoms with Gasteiger partial charge >= 0.3 is 6.18 Å². The van der Waals surface area contributed by atoms with Crippen LogP contribution in [0.3, 0.4) is 0 Å². The highest BCUT2D eigenvalue weighted by atomic mass is 19.4. The summed E-state index contributed by atoms with van der Waals surface area (Å²) < 4.78 is 76.1. The number of carbonyl (C=O) groups is 1. The Morgan fingerprint density at radius 3 is 2.45 bits per heavy atom. The highest BCUT2D eigenvalue weighted by Gasteiger charge is 2.34. The van der Waals surface area contributed by atoms with Crippen LogP contribution in [0.5, 0.6) is 0 Å². The first-order chi connectivity index (χ1) is 20.1. The van der Waals surface area contributed by atoms with E-state index in [0.717, 1.165) is 17.7 Å². The summed E-state index contributed by atoms with van der Waals surface area (Å²) in [4.78, 5) is 14.8. The van der Waals surface area contributed by atoms with Crippen LogP contribution in [-0.2, 0) is 25.8 Å². The van der Waals surface area contributed by atoms with Gasteiger partial charge in [0.05, 0.1) is 30.3 Å². The Balaban J connectivity index is 1.46. The highest BCUT2D eigenvalue weighted by Crippen LogP contribution is 2.37. The number of halogens is 5. The zero-order chi connectivity index (χ0) is 29.9. The van der Waals surface area contributed by atoms with Crippen LogP contribution < -0.4 is 0 Å². The first-order valence-electron chi connectivity index (χ1n) is 12.5. The average molecular weight is 578 g/mol. The van der Waals surface area contributed by atoms with Crippen LogP contribution in [0.4, 0.5) is 22.0 Å². The van der Waals surface area contributed by atoms with E-state index in [1.165, 1.54) is 47.6 Å². The van der Waals surface area contributed by atoms with Gasteiger partial charge in [-0.15, -0.1) is 10.2 Å². The van der Waals surface area contributed by atoms with Gasteiger partial charge in [0.15, 0.2) is 11.6 Å². The third kappa shape index (κ3) is 6.20. The van der Waals surface area contributed by atoms with E-state index in [1.807, 2.05) is 6.07 Å². The van der Waals surface area contributed by atoms with E-state index in [9.17, 15) is 26.7 Å². The number of hydrogen-bond acceptors (Lipinski definition) is 5. The normalized spacial score (nSPS) is 11.3. The molecule has 0 atom stereocenters. The molecule has 0 aliphatic carbocycles. The molecule has 7 nitrogen and oxygen atoms in total. The van der Waals surface area contributed by atoms with Crippen molar-refractivity contribution in [2.24, 2.45) is 0 Å². The molecular weight excluding hydrogens is 557 g/mol. The third-order valence-corrected chi connectivity index (χ3v) is 6.44. The number of carbonyl (C=O) groups excluding carboxylic acids is 1. The molecule has 0 unspecified atom stereocenters. The van der Waals surface area contributed by atoms with Crippen LogP contribution in [0.15, 0.2) is 89.6 Å². The van der Waals surface area contributed by atoms with E-state index < -0.39 is 29.3 Å². The lowest BCUT2D eigenvalue weighted by Gasteiger charge is -2.22. The molecule has 0 aliphatic rings. The minimum absolute atomic E-state index is 0.00268. The van der Waals surface area contributed by atoms with Crippen LogP contribution in [0, 0.1) is 23.0 Å². The predicted molar refractivity (Wildman–Crippen MR) is 139 cm³/mol. The largest absolute Gasteiger partial charge is 0.451 e. The van der Waals surface area contributed by atoms with Crippen molar-refractivity contribution in [3.05, 3.63) is 131 Å². The Morgan fingerprint density at radius 2 is 1.74 bits per heavy atom. The number of amides is 1. The molecule has 0 bridgehead atoms. The summed E-state index contributed by atoms with van der Waals surface area (Å²) in [5.41, 5.74) is 0.118. The monoisotopic (exact) mass is 577 g/mol. The molecule has 0 radical (unpaired) electrons. The molecular formula is C30H20F5N5O2. The second kappa shape index (κ2) is 11.7. The minimum Gasteiger partial charge on any atom is -0.451 e. The maximum atomic E-state index is 14.6. The molecule has 212 valence electrons. The van der Waals surface area contributed by atoms with Gasteiger partial charge in [-0.2, -0.15) is 18.4 Å². The Bertz CT molecular complexity index is 1770. The van der Waals surface area contributed by atoms with Gasteiger partial charge in [-0.3, -0.25) is 4.79 Å². The summed E-state index contributed by atoms with van der Waals surface area (Å²) in [6.45, 7) is -0.231. The van der Waals surface area contributed by atoms with Crippen LogP contribution in [0.25, 0.3) is 11.3 Å². The minimum atomic E-state index is -4.65. The number of hydrogen-bond donors (Lipinski definition) is 0. The second-order valence-electron chi connectivity index (χ2n) is 9.29. The lowest BCUT2D eigenvalue weighted by Crippen LogP contribution is -2.31. The molecule has 2 aromatic heterocycles. The molecule has 5 aromatic rings. The number of nitrogens with zero attached hydrogens (tertiary/aromatic N) is 5. The molecule has 1 amide bonds. The first kappa shape index (κ1) is 28.2. The first-order valence-corrected chi connectivity index (χ1v) is 12.5. The zero-order valence-electron chi connectivity index (χ0n) is 21.6. The molecule has 0 aliphatic heterocycles. The summed E-state index contributed by atoms with van der Waals surface area (Å²) in [6, 6.07) is 19.1. The maximum absolute atomic E-state index is 14.6. The zero-order valence-corrected chi connectivity index (χ0v) is 21.6. The van der Waals surface area contributed by atoms with Crippen LogP contribution in [0.1, 0.15) is 38.6 Å². The fourth-order valence-corrected chi connectivity index (χ4v) is 4.34. The van der Waals surface area contributed by atoms with Crippen LogP contribution in [-0.4, -0.2) is 25.6 Å². The smallest absolute Gasteiger partial charge is 0.417 e. The van der Waals surface area contributed by atoms with Gasteiger partial charge in [0, 0.05) is 23.7 Å². The van der Waals surface area contributed by atoms with Gasteiger partial charge < -0.3 is 13.9 Å². The fraction of sp³-hybridized carbons (Fsp3) is 0.133. The average Bonchev–Trinajstić information content (AvgIpc) is 3.64. The molecule has 3 aromatic carbocycles. The van der Waals surface area contributed by atoms with Gasteiger partial charge in [0.1, 0.15) is 23.7 Å². The number of aromatic nitrogens is 3.